The van der Waals surface area contributed by atoms with Crippen LogP contribution in [0.2, 0.25) is 0 Å². The highest BCUT2D eigenvalue weighted by Gasteiger charge is 2.27. The molecule has 0 aromatic heterocycles. The molecule has 0 bridgehead atoms. The fraction of sp³-hybridized carbons (Fsp3) is 0.350. The molecular weight excluding hydrogens is 364 g/mol. The Kier molecular flexibility index (Phi) is 5.69. The Morgan fingerprint density at radius 3 is 2.50 bits per heavy atom. The van der Waals surface area contributed by atoms with Gasteiger partial charge in [0.2, 0.25) is 5.91 Å². The highest BCUT2D eigenvalue weighted by atomic mass is 79.9. The van der Waals surface area contributed by atoms with Gasteiger partial charge in [-0.05, 0) is 24.1 Å². The Hall–Kier alpha value is -1.65. The van der Waals surface area contributed by atoms with Gasteiger partial charge in [0, 0.05) is 36.7 Å². The molecule has 3 nitrogen and oxygen atoms in total. The summed E-state index contributed by atoms with van der Waals surface area (Å²) in [5.74, 6) is 0.216. The molecule has 126 valence electrons. The summed E-state index contributed by atoms with van der Waals surface area (Å²) in [4.78, 5) is 17.1. The fourth-order valence-electron chi connectivity index (χ4n) is 3.30. The van der Waals surface area contributed by atoms with Crippen LogP contribution in [0.1, 0.15) is 18.1 Å². The third-order valence-electron chi connectivity index (χ3n) is 4.58. The van der Waals surface area contributed by atoms with Crippen LogP contribution in [0.25, 0.3) is 0 Å². The van der Waals surface area contributed by atoms with Crippen LogP contribution in [0, 0.1) is 0 Å². The minimum atomic E-state index is 0.216. The van der Waals surface area contributed by atoms with Gasteiger partial charge in [0.15, 0.2) is 0 Å². The second-order valence-electron chi connectivity index (χ2n) is 6.43. The standard InChI is InChI=1S/C20H23BrN2O/c1-16-14-22(15-17-7-3-2-4-8-17)11-12-23(16)20(24)13-18-9-5-6-10-19(18)21/h2-10,16H,11-15H2,1H3. The SMILES string of the molecule is CC1CN(Cc2ccccc2)CCN1C(=O)Cc1ccccc1Br. The molecule has 4 heteroatoms. The molecule has 0 saturated carbocycles. The summed E-state index contributed by atoms with van der Waals surface area (Å²) >= 11 is 3.53. The number of hydrogen-bond acceptors (Lipinski definition) is 2. The van der Waals surface area contributed by atoms with Gasteiger partial charge in [-0.3, -0.25) is 9.69 Å². The smallest absolute Gasteiger partial charge is 0.227 e. The van der Waals surface area contributed by atoms with Crippen molar-refractivity contribution >= 4 is 21.8 Å². The van der Waals surface area contributed by atoms with E-state index in [1.165, 1.54) is 5.56 Å². The molecule has 2 aromatic rings. The lowest BCUT2D eigenvalue weighted by Crippen LogP contribution is -2.54. The molecule has 0 N–H and O–H groups in total. The maximum atomic E-state index is 12.7. The van der Waals surface area contributed by atoms with Gasteiger partial charge in [0.25, 0.3) is 0 Å². The van der Waals surface area contributed by atoms with Gasteiger partial charge in [-0.25, -0.2) is 0 Å². The van der Waals surface area contributed by atoms with E-state index in [0.717, 1.165) is 36.2 Å². The lowest BCUT2D eigenvalue weighted by atomic mass is 10.1. The van der Waals surface area contributed by atoms with Crippen molar-refractivity contribution in [1.29, 1.82) is 0 Å². The van der Waals surface area contributed by atoms with Crippen LogP contribution in [0.15, 0.2) is 59.1 Å². The van der Waals surface area contributed by atoms with Gasteiger partial charge < -0.3 is 4.90 Å². The monoisotopic (exact) mass is 386 g/mol. The van der Waals surface area contributed by atoms with Gasteiger partial charge in [-0.1, -0.05) is 64.5 Å². The third kappa shape index (κ3) is 4.25. The molecule has 0 aliphatic carbocycles. The average molecular weight is 387 g/mol. The highest BCUT2D eigenvalue weighted by Crippen LogP contribution is 2.19. The van der Waals surface area contributed by atoms with Crippen molar-refractivity contribution in [3.8, 4) is 0 Å². The molecule has 1 atom stereocenters. The molecule has 0 radical (unpaired) electrons. The van der Waals surface area contributed by atoms with Crippen LogP contribution in [-0.2, 0) is 17.8 Å². The van der Waals surface area contributed by atoms with Gasteiger partial charge in [-0.2, -0.15) is 0 Å². The molecule has 0 spiro atoms. The maximum absolute atomic E-state index is 12.7. The largest absolute Gasteiger partial charge is 0.337 e. The molecule has 1 saturated heterocycles. The second kappa shape index (κ2) is 7.95. The van der Waals surface area contributed by atoms with E-state index in [1.807, 2.05) is 35.2 Å². The summed E-state index contributed by atoms with van der Waals surface area (Å²) in [5.41, 5.74) is 2.39. The molecule has 1 aliphatic heterocycles. The summed E-state index contributed by atoms with van der Waals surface area (Å²) in [6.45, 7) is 5.77. The lowest BCUT2D eigenvalue weighted by molar-refractivity contribution is -0.135. The first-order valence-corrected chi connectivity index (χ1v) is 9.22. The summed E-state index contributed by atoms with van der Waals surface area (Å²) in [5, 5.41) is 0. The average Bonchev–Trinajstić information content (AvgIpc) is 2.58. The van der Waals surface area contributed by atoms with Gasteiger partial charge in [-0.15, -0.1) is 0 Å². The first-order valence-electron chi connectivity index (χ1n) is 8.42. The summed E-state index contributed by atoms with van der Waals surface area (Å²) in [7, 11) is 0. The predicted octanol–water partition coefficient (Wildman–Crippen LogP) is 3.72. The number of piperazine rings is 1. The Labute approximate surface area is 152 Å². The molecule has 3 rings (SSSR count). The number of hydrogen-bond donors (Lipinski definition) is 0. The quantitative estimate of drug-likeness (QED) is 0.798. The normalized spacial score (nSPS) is 18.6. The van der Waals surface area contributed by atoms with E-state index in [-0.39, 0.29) is 11.9 Å². The molecule has 1 unspecified atom stereocenters. The zero-order valence-electron chi connectivity index (χ0n) is 14.0. The van der Waals surface area contributed by atoms with Crippen molar-refractivity contribution in [2.24, 2.45) is 0 Å². The Balaban J connectivity index is 1.57. The van der Waals surface area contributed by atoms with E-state index < -0.39 is 0 Å². The predicted molar refractivity (Wildman–Crippen MR) is 101 cm³/mol. The van der Waals surface area contributed by atoms with Crippen molar-refractivity contribution in [2.45, 2.75) is 25.9 Å². The molecule has 1 aliphatic rings. The van der Waals surface area contributed by atoms with Crippen molar-refractivity contribution in [3.05, 3.63) is 70.2 Å². The third-order valence-corrected chi connectivity index (χ3v) is 5.35. The Bertz CT molecular complexity index is 689. The van der Waals surface area contributed by atoms with Crippen molar-refractivity contribution in [3.63, 3.8) is 0 Å². The van der Waals surface area contributed by atoms with Gasteiger partial charge >= 0.3 is 0 Å². The Morgan fingerprint density at radius 2 is 1.79 bits per heavy atom. The number of carbonyl (C=O) groups is 1. The van der Waals surface area contributed by atoms with Crippen LogP contribution in [0.4, 0.5) is 0 Å². The van der Waals surface area contributed by atoms with Crippen LogP contribution in [0.3, 0.4) is 0 Å². The first-order chi connectivity index (χ1) is 11.6. The topological polar surface area (TPSA) is 23.6 Å². The number of rotatable bonds is 4. The molecule has 2 aromatic carbocycles. The minimum absolute atomic E-state index is 0.216. The molecule has 1 amide bonds. The van der Waals surface area contributed by atoms with Crippen LogP contribution < -0.4 is 0 Å². The van der Waals surface area contributed by atoms with Crippen LogP contribution in [0.5, 0.6) is 0 Å². The number of carbonyl (C=O) groups excluding carboxylic acids is 1. The lowest BCUT2D eigenvalue weighted by Gasteiger charge is -2.40. The van der Waals surface area contributed by atoms with E-state index >= 15 is 0 Å². The molecule has 1 fully saturated rings. The summed E-state index contributed by atoms with van der Waals surface area (Å²) in [6, 6.07) is 18.7. The van der Waals surface area contributed by atoms with Gasteiger partial charge in [0.1, 0.15) is 0 Å². The molecular formula is C20H23BrN2O. The van der Waals surface area contributed by atoms with E-state index in [4.69, 9.17) is 0 Å². The molecule has 24 heavy (non-hydrogen) atoms. The van der Waals surface area contributed by atoms with E-state index in [2.05, 4.69) is 52.0 Å². The van der Waals surface area contributed by atoms with Gasteiger partial charge in [0.05, 0.1) is 6.42 Å². The minimum Gasteiger partial charge on any atom is -0.337 e. The summed E-state index contributed by atoms with van der Waals surface area (Å²) < 4.78 is 1.01. The number of nitrogens with zero attached hydrogens (tertiary/aromatic N) is 2. The Morgan fingerprint density at radius 1 is 1.08 bits per heavy atom. The van der Waals surface area contributed by atoms with Crippen LogP contribution in [-0.4, -0.2) is 41.4 Å². The van der Waals surface area contributed by atoms with E-state index in [0.29, 0.717) is 6.42 Å². The van der Waals surface area contributed by atoms with E-state index in [1.54, 1.807) is 0 Å². The fourth-order valence-corrected chi connectivity index (χ4v) is 3.72. The highest BCUT2D eigenvalue weighted by molar-refractivity contribution is 9.10. The zero-order valence-corrected chi connectivity index (χ0v) is 15.6. The maximum Gasteiger partial charge on any atom is 0.227 e. The van der Waals surface area contributed by atoms with Crippen molar-refractivity contribution in [1.82, 2.24) is 9.80 Å². The van der Waals surface area contributed by atoms with E-state index in [9.17, 15) is 4.79 Å². The van der Waals surface area contributed by atoms with Crippen molar-refractivity contribution in [2.75, 3.05) is 19.6 Å². The molecule has 1 heterocycles. The number of amides is 1. The van der Waals surface area contributed by atoms with Crippen molar-refractivity contribution < 1.29 is 4.79 Å². The second-order valence-corrected chi connectivity index (χ2v) is 7.28. The number of halogens is 1. The summed E-state index contributed by atoms with van der Waals surface area (Å²) in [6.07, 6.45) is 0.463. The number of benzene rings is 2. The first kappa shape index (κ1) is 17.2. The zero-order chi connectivity index (χ0) is 16.9. The van der Waals surface area contributed by atoms with Crippen LogP contribution >= 0.6 is 15.9 Å².